The van der Waals surface area contributed by atoms with Crippen LogP contribution in [0.25, 0.3) is 0 Å². The molecule has 126 valence electrons. The van der Waals surface area contributed by atoms with Crippen LogP contribution in [0.1, 0.15) is 73.1 Å². The molecule has 0 radical (unpaired) electrons. The molecule has 0 amide bonds. The van der Waals surface area contributed by atoms with Gasteiger partial charge in [0.1, 0.15) is 5.60 Å². The van der Waals surface area contributed by atoms with E-state index in [1.165, 1.54) is 25.7 Å². The van der Waals surface area contributed by atoms with Gasteiger partial charge in [0.2, 0.25) is 0 Å². The van der Waals surface area contributed by atoms with E-state index in [-0.39, 0.29) is 11.7 Å². The quantitative estimate of drug-likeness (QED) is 0.748. The highest BCUT2D eigenvalue weighted by Crippen LogP contribution is 2.66. The summed E-state index contributed by atoms with van der Waals surface area (Å²) in [6, 6.07) is 0. The summed E-state index contributed by atoms with van der Waals surface area (Å²) in [6.45, 7) is 15.4. The van der Waals surface area contributed by atoms with Gasteiger partial charge in [-0.25, -0.2) is 0 Å². The van der Waals surface area contributed by atoms with Crippen molar-refractivity contribution < 1.29 is 9.84 Å². The van der Waals surface area contributed by atoms with Crippen molar-refractivity contribution >= 4 is 0 Å². The van der Waals surface area contributed by atoms with Crippen LogP contribution < -0.4 is 0 Å². The van der Waals surface area contributed by atoms with E-state index < -0.39 is 5.60 Å². The van der Waals surface area contributed by atoms with Crippen molar-refractivity contribution in [3.8, 4) is 0 Å². The molecule has 0 unspecified atom stereocenters. The first-order chi connectivity index (χ1) is 10.1. The molecule has 0 spiro atoms. The molecule has 2 aliphatic carbocycles. The first kappa shape index (κ1) is 16.5. The Balaban J connectivity index is 1.94. The molecule has 1 aliphatic heterocycles. The lowest BCUT2D eigenvalue weighted by Gasteiger charge is -2.60. The third-order valence-corrected chi connectivity index (χ3v) is 7.66. The van der Waals surface area contributed by atoms with Crippen LogP contribution in [0.2, 0.25) is 0 Å². The van der Waals surface area contributed by atoms with Crippen LogP contribution in [0.5, 0.6) is 0 Å². The van der Waals surface area contributed by atoms with E-state index in [9.17, 15) is 5.11 Å². The molecular formula is C20H34O2. The summed E-state index contributed by atoms with van der Waals surface area (Å²) in [5.74, 6) is 1.33. The van der Waals surface area contributed by atoms with Crippen molar-refractivity contribution in [2.75, 3.05) is 0 Å². The molecule has 1 heterocycles. The topological polar surface area (TPSA) is 29.5 Å². The summed E-state index contributed by atoms with van der Waals surface area (Å²) < 4.78 is 6.47. The number of ether oxygens (including phenoxy) is 1. The van der Waals surface area contributed by atoms with Crippen molar-refractivity contribution in [2.24, 2.45) is 22.7 Å². The minimum absolute atomic E-state index is 0.0731. The zero-order valence-electron chi connectivity index (χ0n) is 15.1. The van der Waals surface area contributed by atoms with Gasteiger partial charge >= 0.3 is 0 Å². The van der Waals surface area contributed by atoms with Crippen LogP contribution in [-0.2, 0) is 4.74 Å². The maximum absolute atomic E-state index is 10.6. The van der Waals surface area contributed by atoms with Gasteiger partial charge < -0.3 is 9.84 Å². The lowest BCUT2D eigenvalue weighted by Crippen LogP contribution is -2.55. The summed E-state index contributed by atoms with van der Waals surface area (Å²) in [4.78, 5) is 0. The Hall–Kier alpha value is -0.340. The van der Waals surface area contributed by atoms with Gasteiger partial charge in [0.05, 0.1) is 11.7 Å². The Morgan fingerprint density at radius 3 is 2.45 bits per heavy atom. The van der Waals surface area contributed by atoms with Crippen LogP contribution >= 0.6 is 0 Å². The van der Waals surface area contributed by atoms with Crippen molar-refractivity contribution in [3.05, 3.63) is 12.7 Å². The Kier molecular flexibility index (Phi) is 3.63. The minimum Gasteiger partial charge on any atom is -0.383 e. The molecule has 3 aliphatic rings. The molecule has 6 atom stereocenters. The smallest absolute Gasteiger partial charge is 0.106 e. The summed E-state index contributed by atoms with van der Waals surface area (Å²) in [7, 11) is 0. The third kappa shape index (κ3) is 2.21. The van der Waals surface area contributed by atoms with E-state index in [2.05, 4.69) is 34.3 Å². The average molecular weight is 306 g/mol. The highest BCUT2D eigenvalue weighted by Gasteiger charge is 2.63. The van der Waals surface area contributed by atoms with E-state index in [1.807, 2.05) is 6.92 Å². The van der Waals surface area contributed by atoms with Gasteiger partial charge in [0.15, 0.2) is 0 Å². The largest absolute Gasteiger partial charge is 0.383 e. The first-order valence-corrected chi connectivity index (χ1v) is 9.09. The zero-order valence-corrected chi connectivity index (χ0v) is 15.1. The fourth-order valence-electron chi connectivity index (χ4n) is 6.34. The molecule has 1 saturated heterocycles. The van der Waals surface area contributed by atoms with E-state index >= 15 is 0 Å². The van der Waals surface area contributed by atoms with Crippen molar-refractivity contribution in [1.29, 1.82) is 0 Å². The summed E-state index contributed by atoms with van der Waals surface area (Å²) in [5.41, 5.74) is -0.207. The molecule has 22 heavy (non-hydrogen) atoms. The number of aliphatic hydroxyl groups is 1. The van der Waals surface area contributed by atoms with E-state index in [1.54, 1.807) is 6.08 Å². The predicted octanol–water partition coefficient (Wildman–Crippen LogP) is 4.71. The number of fused-ring (bicyclic) bond motifs is 3. The second-order valence-corrected chi connectivity index (χ2v) is 9.58. The molecule has 2 saturated carbocycles. The highest BCUT2D eigenvalue weighted by molar-refractivity contribution is 5.14. The van der Waals surface area contributed by atoms with Gasteiger partial charge in [-0.1, -0.05) is 33.3 Å². The zero-order chi connectivity index (χ0) is 16.4. The number of hydrogen-bond acceptors (Lipinski definition) is 2. The lowest BCUT2D eigenvalue weighted by atomic mass is 9.45. The molecule has 0 aromatic heterocycles. The van der Waals surface area contributed by atoms with Crippen LogP contribution in [0, 0.1) is 22.7 Å². The van der Waals surface area contributed by atoms with Gasteiger partial charge in [0, 0.05) is 0 Å². The molecule has 3 rings (SSSR count). The second-order valence-electron chi connectivity index (χ2n) is 9.58. The van der Waals surface area contributed by atoms with Crippen LogP contribution in [0.3, 0.4) is 0 Å². The number of hydrogen-bond donors (Lipinski definition) is 1. The van der Waals surface area contributed by atoms with Gasteiger partial charge in [-0.3, -0.25) is 0 Å². The van der Waals surface area contributed by atoms with Crippen molar-refractivity contribution in [1.82, 2.24) is 0 Å². The van der Waals surface area contributed by atoms with Crippen molar-refractivity contribution in [3.63, 3.8) is 0 Å². The average Bonchev–Trinajstić information content (AvgIpc) is 2.78. The van der Waals surface area contributed by atoms with Crippen molar-refractivity contribution in [2.45, 2.75) is 90.4 Å². The Bertz CT molecular complexity index is 466. The van der Waals surface area contributed by atoms with Gasteiger partial charge in [0.25, 0.3) is 0 Å². The van der Waals surface area contributed by atoms with Crippen LogP contribution in [-0.4, -0.2) is 22.4 Å². The standard InChI is InChI=1S/C20H34O2/c1-7-19(5,21)16-13-15-18(4)11-8-10-17(2,3)14(18)9-12-20(15,6)22-16/h7,14-16,21H,1,8-13H2,2-6H3/t14-,15+,16+,18-,19-,20+/m0/s1. The first-order valence-electron chi connectivity index (χ1n) is 9.09. The summed E-state index contributed by atoms with van der Waals surface area (Å²) in [5, 5.41) is 10.6. The monoisotopic (exact) mass is 306 g/mol. The van der Waals surface area contributed by atoms with Crippen LogP contribution in [0.4, 0.5) is 0 Å². The SMILES string of the molecule is C=C[C@](C)(O)[C@H]1C[C@@H]2[C@@]3(C)CCCC(C)(C)[C@@H]3CC[C@@]2(C)O1. The summed E-state index contributed by atoms with van der Waals surface area (Å²) in [6.07, 6.45) is 8.90. The van der Waals surface area contributed by atoms with E-state index in [0.717, 1.165) is 18.8 Å². The molecule has 2 nitrogen and oxygen atoms in total. The Morgan fingerprint density at radius 2 is 1.82 bits per heavy atom. The van der Waals surface area contributed by atoms with E-state index in [4.69, 9.17) is 4.74 Å². The normalized spacial score (nSPS) is 49.8. The molecule has 0 bridgehead atoms. The fraction of sp³-hybridized carbons (Fsp3) is 0.900. The van der Waals surface area contributed by atoms with E-state index in [0.29, 0.717) is 16.7 Å². The van der Waals surface area contributed by atoms with Gasteiger partial charge in [-0.2, -0.15) is 0 Å². The Morgan fingerprint density at radius 1 is 1.14 bits per heavy atom. The molecule has 0 aromatic rings. The number of rotatable bonds is 2. The molecule has 3 fully saturated rings. The fourth-order valence-corrected chi connectivity index (χ4v) is 6.34. The lowest BCUT2D eigenvalue weighted by molar-refractivity contribution is -0.168. The third-order valence-electron chi connectivity index (χ3n) is 7.66. The molecule has 0 aromatic carbocycles. The molecule has 1 N–H and O–H groups in total. The van der Waals surface area contributed by atoms with Gasteiger partial charge in [-0.15, -0.1) is 6.58 Å². The van der Waals surface area contributed by atoms with Crippen LogP contribution in [0.15, 0.2) is 12.7 Å². The predicted molar refractivity (Wildman–Crippen MR) is 90.7 cm³/mol. The Labute approximate surface area is 136 Å². The molecule has 2 heteroatoms. The maximum atomic E-state index is 10.6. The molecular weight excluding hydrogens is 272 g/mol. The second kappa shape index (κ2) is 4.83. The maximum Gasteiger partial charge on any atom is 0.106 e. The summed E-state index contributed by atoms with van der Waals surface area (Å²) >= 11 is 0. The minimum atomic E-state index is -0.920. The van der Waals surface area contributed by atoms with Gasteiger partial charge in [-0.05, 0) is 68.6 Å². The highest BCUT2D eigenvalue weighted by atomic mass is 16.5.